The summed E-state index contributed by atoms with van der Waals surface area (Å²) in [5.74, 6) is -0.901. The number of likely N-dealkylation sites (tertiary alicyclic amines) is 1. The number of nitrogens with one attached hydrogen (secondary N) is 1. The van der Waals surface area contributed by atoms with Crippen LogP contribution in [0.4, 0.5) is 0 Å². The van der Waals surface area contributed by atoms with Gasteiger partial charge < -0.3 is 15.0 Å². The SMILES string of the molecule is O=C(COC(=O)CN1CCCCCC1=O)NCc1cccs1. The van der Waals surface area contributed by atoms with Crippen molar-refractivity contribution in [2.45, 2.75) is 32.2 Å². The van der Waals surface area contributed by atoms with Gasteiger partial charge in [0.15, 0.2) is 6.61 Å². The lowest BCUT2D eigenvalue weighted by molar-refractivity contribution is -0.152. The van der Waals surface area contributed by atoms with Gasteiger partial charge in [0.1, 0.15) is 6.54 Å². The van der Waals surface area contributed by atoms with E-state index in [1.807, 2.05) is 17.5 Å². The van der Waals surface area contributed by atoms with Gasteiger partial charge in [0.05, 0.1) is 6.54 Å². The van der Waals surface area contributed by atoms with E-state index in [-0.39, 0.29) is 25.0 Å². The van der Waals surface area contributed by atoms with Crippen molar-refractivity contribution in [2.75, 3.05) is 19.7 Å². The number of hydrogen-bond donors (Lipinski definition) is 1. The van der Waals surface area contributed by atoms with Gasteiger partial charge in [-0.1, -0.05) is 12.5 Å². The summed E-state index contributed by atoms with van der Waals surface area (Å²) in [5, 5.41) is 4.61. The average molecular weight is 324 g/mol. The average Bonchev–Trinajstić information content (AvgIpc) is 2.95. The quantitative estimate of drug-likeness (QED) is 0.801. The Labute approximate surface area is 133 Å². The lowest BCUT2D eigenvalue weighted by Gasteiger charge is -2.19. The van der Waals surface area contributed by atoms with E-state index in [4.69, 9.17) is 4.74 Å². The Balaban J connectivity index is 1.66. The summed E-state index contributed by atoms with van der Waals surface area (Å²) in [5.41, 5.74) is 0. The first kappa shape index (κ1) is 16.5. The topological polar surface area (TPSA) is 75.7 Å². The number of ether oxygens (including phenoxy) is 1. The third-order valence-electron chi connectivity index (χ3n) is 3.40. The Bertz CT molecular complexity index is 516. The number of esters is 1. The summed E-state index contributed by atoms with van der Waals surface area (Å²) >= 11 is 1.55. The third kappa shape index (κ3) is 5.48. The molecule has 2 heterocycles. The van der Waals surface area contributed by atoms with Crippen LogP contribution in [0.15, 0.2) is 17.5 Å². The molecule has 0 bridgehead atoms. The Hall–Kier alpha value is -1.89. The number of hydrogen-bond acceptors (Lipinski definition) is 5. The van der Waals surface area contributed by atoms with Crippen molar-refractivity contribution in [2.24, 2.45) is 0 Å². The molecule has 1 saturated heterocycles. The molecule has 0 radical (unpaired) electrons. The minimum absolute atomic E-state index is 0.0170. The lowest BCUT2D eigenvalue weighted by Crippen LogP contribution is -2.37. The largest absolute Gasteiger partial charge is 0.454 e. The van der Waals surface area contributed by atoms with Gasteiger partial charge in [0.2, 0.25) is 5.91 Å². The van der Waals surface area contributed by atoms with Crippen LogP contribution in [0.1, 0.15) is 30.6 Å². The summed E-state index contributed by atoms with van der Waals surface area (Å²) in [6, 6.07) is 3.83. The highest BCUT2D eigenvalue weighted by atomic mass is 32.1. The maximum Gasteiger partial charge on any atom is 0.326 e. The van der Waals surface area contributed by atoms with Gasteiger partial charge in [0, 0.05) is 17.8 Å². The fourth-order valence-corrected chi connectivity index (χ4v) is 2.85. The second-order valence-corrected chi connectivity index (χ2v) is 6.17. The zero-order chi connectivity index (χ0) is 15.8. The standard InChI is InChI=1S/C15H20N2O4S/c18-13(16-9-12-5-4-8-22-12)11-21-15(20)10-17-7-3-1-2-6-14(17)19/h4-5,8H,1-3,6-7,9-11H2,(H,16,18). The molecule has 1 aromatic heterocycles. The highest BCUT2D eigenvalue weighted by Crippen LogP contribution is 2.11. The van der Waals surface area contributed by atoms with Crippen LogP contribution >= 0.6 is 11.3 Å². The second-order valence-electron chi connectivity index (χ2n) is 5.14. The molecule has 2 amide bonds. The smallest absolute Gasteiger partial charge is 0.326 e. The normalized spacial score (nSPS) is 15.3. The fourth-order valence-electron chi connectivity index (χ4n) is 2.20. The molecule has 2 rings (SSSR count). The van der Waals surface area contributed by atoms with Crippen molar-refractivity contribution in [3.05, 3.63) is 22.4 Å². The first-order chi connectivity index (χ1) is 10.6. The monoisotopic (exact) mass is 324 g/mol. The van der Waals surface area contributed by atoms with Gasteiger partial charge in [-0.3, -0.25) is 14.4 Å². The molecule has 120 valence electrons. The van der Waals surface area contributed by atoms with E-state index < -0.39 is 5.97 Å². The Morgan fingerprint density at radius 1 is 1.32 bits per heavy atom. The number of nitrogens with zero attached hydrogens (tertiary/aromatic N) is 1. The molecule has 7 heteroatoms. The second kappa shape index (κ2) is 8.53. The van der Waals surface area contributed by atoms with Gasteiger partial charge in [-0.2, -0.15) is 0 Å². The molecule has 0 unspecified atom stereocenters. The van der Waals surface area contributed by atoms with Crippen LogP contribution < -0.4 is 5.32 Å². The highest BCUT2D eigenvalue weighted by molar-refractivity contribution is 7.09. The van der Waals surface area contributed by atoms with Crippen LogP contribution in [0.3, 0.4) is 0 Å². The van der Waals surface area contributed by atoms with E-state index in [0.717, 1.165) is 24.1 Å². The van der Waals surface area contributed by atoms with Crippen molar-refractivity contribution in [1.82, 2.24) is 10.2 Å². The summed E-state index contributed by atoms with van der Waals surface area (Å²) in [6.07, 6.45) is 3.26. The van der Waals surface area contributed by atoms with Gasteiger partial charge >= 0.3 is 5.97 Å². The van der Waals surface area contributed by atoms with E-state index in [1.54, 1.807) is 11.3 Å². The molecule has 6 nitrogen and oxygen atoms in total. The number of carbonyl (C=O) groups is 3. The van der Waals surface area contributed by atoms with Gasteiger partial charge in [-0.05, 0) is 24.3 Å². The van der Waals surface area contributed by atoms with Crippen LogP contribution in [0.2, 0.25) is 0 Å². The van der Waals surface area contributed by atoms with Crippen molar-refractivity contribution in [3.63, 3.8) is 0 Å². The zero-order valence-corrected chi connectivity index (χ0v) is 13.2. The highest BCUT2D eigenvalue weighted by Gasteiger charge is 2.20. The van der Waals surface area contributed by atoms with Crippen LogP contribution in [0, 0.1) is 0 Å². The lowest BCUT2D eigenvalue weighted by atomic mass is 10.2. The van der Waals surface area contributed by atoms with E-state index in [9.17, 15) is 14.4 Å². The van der Waals surface area contributed by atoms with Crippen LogP contribution in [0.5, 0.6) is 0 Å². The molecule has 1 aliphatic heterocycles. The van der Waals surface area contributed by atoms with Gasteiger partial charge in [0.25, 0.3) is 5.91 Å². The summed E-state index contributed by atoms with van der Waals surface area (Å²) < 4.78 is 4.92. The molecule has 0 aliphatic carbocycles. The van der Waals surface area contributed by atoms with E-state index in [2.05, 4.69) is 5.32 Å². The number of rotatable bonds is 6. The van der Waals surface area contributed by atoms with Crippen molar-refractivity contribution < 1.29 is 19.1 Å². The summed E-state index contributed by atoms with van der Waals surface area (Å²) in [6.45, 7) is 0.625. The first-order valence-corrected chi connectivity index (χ1v) is 8.25. The first-order valence-electron chi connectivity index (χ1n) is 7.37. The molecule has 0 aromatic carbocycles. The molecular weight excluding hydrogens is 304 g/mol. The number of thiophene rings is 1. The van der Waals surface area contributed by atoms with E-state index in [0.29, 0.717) is 19.5 Å². The van der Waals surface area contributed by atoms with Crippen LogP contribution in [0.25, 0.3) is 0 Å². The minimum atomic E-state index is -0.540. The molecule has 1 N–H and O–H groups in total. The van der Waals surface area contributed by atoms with Gasteiger partial charge in [-0.25, -0.2) is 0 Å². The van der Waals surface area contributed by atoms with Crippen molar-refractivity contribution in [1.29, 1.82) is 0 Å². The molecule has 0 saturated carbocycles. The van der Waals surface area contributed by atoms with Crippen LogP contribution in [-0.4, -0.2) is 42.4 Å². The maximum absolute atomic E-state index is 11.8. The number of carbonyl (C=O) groups excluding carboxylic acids is 3. The third-order valence-corrected chi connectivity index (χ3v) is 4.27. The van der Waals surface area contributed by atoms with Crippen LogP contribution in [-0.2, 0) is 25.7 Å². The maximum atomic E-state index is 11.8. The Morgan fingerprint density at radius 3 is 2.95 bits per heavy atom. The fraction of sp³-hybridized carbons (Fsp3) is 0.533. The minimum Gasteiger partial charge on any atom is -0.454 e. The molecule has 1 fully saturated rings. The molecule has 0 atom stereocenters. The Morgan fingerprint density at radius 2 is 2.18 bits per heavy atom. The molecule has 1 aliphatic rings. The van der Waals surface area contributed by atoms with Crippen molar-refractivity contribution >= 4 is 29.1 Å². The predicted octanol–water partition coefficient (Wildman–Crippen LogP) is 1.31. The van der Waals surface area contributed by atoms with E-state index in [1.165, 1.54) is 4.90 Å². The molecule has 22 heavy (non-hydrogen) atoms. The molecule has 1 aromatic rings. The number of amides is 2. The predicted molar refractivity (Wildman–Crippen MR) is 82.2 cm³/mol. The Kier molecular flexibility index (Phi) is 6.39. The van der Waals surface area contributed by atoms with E-state index >= 15 is 0 Å². The van der Waals surface area contributed by atoms with Crippen molar-refractivity contribution in [3.8, 4) is 0 Å². The van der Waals surface area contributed by atoms with Gasteiger partial charge in [-0.15, -0.1) is 11.3 Å². The zero-order valence-electron chi connectivity index (χ0n) is 12.4. The molecular formula is C15H20N2O4S. The summed E-state index contributed by atoms with van der Waals surface area (Å²) in [7, 11) is 0. The molecule has 0 spiro atoms. The summed E-state index contributed by atoms with van der Waals surface area (Å²) in [4.78, 5) is 37.6.